The van der Waals surface area contributed by atoms with Gasteiger partial charge >= 0.3 is 0 Å². The molecule has 1 unspecified atom stereocenters. The van der Waals surface area contributed by atoms with Crippen molar-refractivity contribution in [2.75, 3.05) is 39.0 Å². The van der Waals surface area contributed by atoms with Gasteiger partial charge in [-0.25, -0.2) is 8.42 Å². The van der Waals surface area contributed by atoms with E-state index in [1.54, 1.807) is 47.4 Å². The van der Waals surface area contributed by atoms with Crippen molar-refractivity contribution in [1.29, 1.82) is 0 Å². The third-order valence-corrected chi connectivity index (χ3v) is 6.69. The zero-order valence-electron chi connectivity index (χ0n) is 16.3. The van der Waals surface area contributed by atoms with Crippen molar-refractivity contribution in [2.24, 2.45) is 5.92 Å². The predicted molar refractivity (Wildman–Crippen MR) is 107 cm³/mol. The number of piperidine rings is 1. The van der Waals surface area contributed by atoms with Crippen molar-refractivity contribution < 1.29 is 13.2 Å². The molecule has 152 valence electrons. The van der Waals surface area contributed by atoms with Crippen LogP contribution in [0.2, 0.25) is 0 Å². The molecule has 0 saturated carbocycles. The van der Waals surface area contributed by atoms with E-state index in [0.29, 0.717) is 25.1 Å². The molecule has 1 atom stereocenters. The van der Waals surface area contributed by atoms with Crippen molar-refractivity contribution in [3.05, 3.63) is 42.7 Å². The molecular weight excluding hydrogens is 378 g/mol. The number of nitrogens with one attached hydrogen (secondary N) is 1. The van der Waals surface area contributed by atoms with Crippen molar-refractivity contribution in [2.45, 2.75) is 24.3 Å². The van der Waals surface area contributed by atoms with Crippen LogP contribution >= 0.6 is 0 Å². The van der Waals surface area contributed by atoms with Crippen LogP contribution in [-0.2, 0) is 21.4 Å². The van der Waals surface area contributed by atoms with Crippen LogP contribution in [0, 0.1) is 5.92 Å². The van der Waals surface area contributed by atoms with Crippen LogP contribution in [0.4, 0.5) is 5.69 Å². The van der Waals surface area contributed by atoms with Crippen molar-refractivity contribution in [1.82, 2.24) is 19.0 Å². The molecule has 1 aromatic heterocycles. The Morgan fingerprint density at radius 1 is 1.29 bits per heavy atom. The number of likely N-dealkylation sites (N-methyl/N-ethyl adjacent to an activating group) is 1. The maximum absolute atomic E-state index is 12.8. The molecule has 1 aliphatic rings. The van der Waals surface area contributed by atoms with E-state index in [9.17, 15) is 13.2 Å². The third-order valence-electron chi connectivity index (χ3n) is 4.81. The monoisotopic (exact) mass is 405 g/mol. The van der Waals surface area contributed by atoms with Crippen LogP contribution in [-0.4, -0.2) is 67.0 Å². The molecule has 9 heteroatoms. The maximum Gasteiger partial charge on any atom is 0.243 e. The first-order valence-corrected chi connectivity index (χ1v) is 10.8. The summed E-state index contributed by atoms with van der Waals surface area (Å²) in [6, 6.07) is 8.36. The van der Waals surface area contributed by atoms with Gasteiger partial charge in [-0.3, -0.25) is 9.48 Å². The van der Waals surface area contributed by atoms with E-state index in [1.807, 2.05) is 14.1 Å². The van der Waals surface area contributed by atoms with Gasteiger partial charge < -0.3 is 10.2 Å². The fourth-order valence-electron chi connectivity index (χ4n) is 3.21. The maximum atomic E-state index is 12.8. The number of carbonyl (C=O) groups excluding carboxylic acids is 1. The number of carbonyl (C=O) groups is 1. The molecule has 28 heavy (non-hydrogen) atoms. The highest BCUT2D eigenvalue weighted by Gasteiger charge is 2.33. The quantitative estimate of drug-likeness (QED) is 0.754. The lowest BCUT2D eigenvalue weighted by Crippen LogP contribution is -2.43. The van der Waals surface area contributed by atoms with Crippen LogP contribution in [0.1, 0.15) is 12.8 Å². The molecule has 0 spiro atoms. The van der Waals surface area contributed by atoms with Crippen LogP contribution in [0.5, 0.6) is 0 Å². The number of sulfonamides is 1. The predicted octanol–water partition coefficient (Wildman–Crippen LogP) is 1.48. The Morgan fingerprint density at radius 2 is 2.04 bits per heavy atom. The summed E-state index contributed by atoms with van der Waals surface area (Å²) in [5.74, 6) is -0.544. The number of aromatic nitrogens is 2. The van der Waals surface area contributed by atoms with Crippen LogP contribution in [0.15, 0.2) is 47.6 Å². The van der Waals surface area contributed by atoms with Crippen LogP contribution in [0.25, 0.3) is 0 Å². The molecule has 1 fully saturated rings. The van der Waals surface area contributed by atoms with Gasteiger partial charge in [0.25, 0.3) is 0 Å². The number of amides is 1. The minimum Gasteiger partial charge on any atom is -0.323 e. The standard InChI is InChI=1S/C19H27N5O3S/c1-22(2)11-12-23-15-17(13-20-23)21-19(25)16-7-6-10-24(14-16)28(26,27)18-8-4-3-5-9-18/h3-5,8-9,13,15-16H,6-7,10-12,14H2,1-2H3,(H,21,25). The number of benzene rings is 1. The second-order valence-electron chi connectivity index (χ2n) is 7.30. The Hall–Kier alpha value is -2.23. The molecule has 8 nitrogen and oxygen atoms in total. The first kappa shape index (κ1) is 20.5. The molecule has 2 aromatic rings. The van der Waals surface area contributed by atoms with Gasteiger partial charge in [0.15, 0.2) is 0 Å². The molecule has 0 radical (unpaired) electrons. The fourth-order valence-corrected chi connectivity index (χ4v) is 4.76. The van der Waals surface area contributed by atoms with Gasteiger partial charge in [-0.1, -0.05) is 18.2 Å². The van der Waals surface area contributed by atoms with Crippen LogP contribution in [0.3, 0.4) is 0 Å². The summed E-state index contributed by atoms with van der Waals surface area (Å²) in [7, 11) is 0.401. The van der Waals surface area contributed by atoms with Gasteiger partial charge in [-0.2, -0.15) is 9.40 Å². The summed E-state index contributed by atoms with van der Waals surface area (Å²) in [5.41, 5.74) is 0.631. The number of nitrogens with zero attached hydrogens (tertiary/aromatic N) is 4. The largest absolute Gasteiger partial charge is 0.323 e. The number of rotatable bonds is 7. The number of anilines is 1. The topological polar surface area (TPSA) is 87.5 Å². The molecular formula is C19H27N5O3S. The third kappa shape index (κ3) is 4.98. The highest BCUT2D eigenvalue weighted by atomic mass is 32.2. The van der Waals surface area contributed by atoms with Gasteiger partial charge in [0.05, 0.1) is 29.2 Å². The van der Waals surface area contributed by atoms with Crippen molar-refractivity contribution in [3.63, 3.8) is 0 Å². The lowest BCUT2D eigenvalue weighted by Gasteiger charge is -2.31. The van der Waals surface area contributed by atoms with Gasteiger partial charge in [-0.15, -0.1) is 0 Å². The summed E-state index contributed by atoms with van der Waals surface area (Å²) in [5, 5.41) is 7.12. The van der Waals surface area contributed by atoms with Gasteiger partial charge in [0, 0.05) is 25.8 Å². The van der Waals surface area contributed by atoms with Gasteiger partial charge in [0.1, 0.15) is 0 Å². The summed E-state index contributed by atoms with van der Waals surface area (Å²) in [6.07, 6.45) is 4.74. The molecule has 1 aromatic carbocycles. The molecule has 2 heterocycles. The summed E-state index contributed by atoms with van der Waals surface area (Å²) in [6.45, 7) is 2.21. The van der Waals surface area contributed by atoms with Crippen molar-refractivity contribution >= 4 is 21.6 Å². The number of hydrogen-bond donors (Lipinski definition) is 1. The Morgan fingerprint density at radius 3 is 2.75 bits per heavy atom. The van der Waals surface area contributed by atoms with Gasteiger partial charge in [-0.05, 0) is 39.1 Å². The SMILES string of the molecule is CN(C)CCn1cc(NC(=O)C2CCCN(S(=O)(=O)c3ccccc3)C2)cn1. The highest BCUT2D eigenvalue weighted by molar-refractivity contribution is 7.89. The first-order valence-electron chi connectivity index (χ1n) is 9.39. The molecule has 1 saturated heterocycles. The Bertz CT molecular complexity index is 895. The van der Waals surface area contributed by atoms with E-state index < -0.39 is 10.0 Å². The van der Waals surface area contributed by atoms with E-state index in [2.05, 4.69) is 15.3 Å². The average Bonchev–Trinajstić information content (AvgIpc) is 3.14. The van der Waals surface area contributed by atoms with E-state index in [4.69, 9.17) is 0 Å². The zero-order valence-corrected chi connectivity index (χ0v) is 17.1. The molecule has 3 rings (SSSR count). The van der Waals surface area contributed by atoms with Crippen LogP contribution < -0.4 is 5.32 Å². The lowest BCUT2D eigenvalue weighted by atomic mass is 9.99. The summed E-state index contributed by atoms with van der Waals surface area (Å²) < 4.78 is 28.8. The zero-order chi connectivity index (χ0) is 20.1. The van der Waals surface area contributed by atoms with E-state index in [-0.39, 0.29) is 23.3 Å². The second-order valence-corrected chi connectivity index (χ2v) is 9.24. The fraction of sp³-hybridized carbons (Fsp3) is 0.474. The Kier molecular flexibility index (Phi) is 6.48. The van der Waals surface area contributed by atoms with Gasteiger partial charge in [0.2, 0.25) is 15.9 Å². The number of hydrogen-bond acceptors (Lipinski definition) is 5. The minimum absolute atomic E-state index is 0.167. The first-order chi connectivity index (χ1) is 13.4. The smallest absolute Gasteiger partial charge is 0.243 e. The average molecular weight is 406 g/mol. The molecule has 1 N–H and O–H groups in total. The lowest BCUT2D eigenvalue weighted by molar-refractivity contribution is -0.120. The van der Waals surface area contributed by atoms with E-state index in [1.165, 1.54) is 4.31 Å². The molecule has 0 aliphatic carbocycles. The van der Waals surface area contributed by atoms with E-state index >= 15 is 0 Å². The Balaban J connectivity index is 1.62. The Labute approximate surface area is 166 Å². The molecule has 1 aliphatic heterocycles. The summed E-state index contributed by atoms with van der Waals surface area (Å²) >= 11 is 0. The molecule has 0 bridgehead atoms. The van der Waals surface area contributed by atoms with E-state index in [0.717, 1.165) is 13.1 Å². The van der Waals surface area contributed by atoms with Crippen molar-refractivity contribution in [3.8, 4) is 0 Å². The minimum atomic E-state index is -3.58. The highest BCUT2D eigenvalue weighted by Crippen LogP contribution is 2.24. The summed E-state index contributed by atoms with van der Waals surface area (Å²) in [4.78, 5) is 15.0. The molecule has 1 amide bonds. The second kappa shape index (κ2) is 8.85. The normalized spacial score (nSPS) is 18.3.